The molecule has 0 N–H and O–H groups in total. The van der Waals surface area contributed by atoms with Crippen LogP contribution in [0.25, 0.3) is 21.5 Å². The molecule has 0 aliphatic carbocycles. The number of carbonyl (C=O) groups is 2. The fourth-order valence-electron chi connectivity index (χ4n) is 2.70. The summed E-state index contributed by atoms with van der Waals surface area (Å²) in [6, 6.07) is 11.7. The molecule has 0 aliphatic heterocycles. The molecule has 0 saturated carbocycles. The Kier molecular flexibility index (Phi) is 6.18. The Bertz CT molecular complexity index is 1310. The third kappa shape index (κ3) is 4.89. The maximum atomic E-state index is 12.4. The lowest BCUT2D eigenvalue weighted by atomic mass is 10.3. The van der Waals surface area contributed by atoms with Gasteiger partial charge in [-0.25, -0.2) is 14.6 Å². The van der Waals surface area contributed by atoms with Gasteiger partial charge in [-0.15, -0.1) is 22.7 Å². The lowest BCUT2D eigenvalue weighted by Gasteiger charge is -2.04. The van der Waals surface area contributed by atoms with Crippen molar-refractivity contribution in [2.45, 2.75) is 13.2 Å². The summed E-state index contributed by atoms with van der Waals surface area (Å²) < 4.78 is 20.7. The minimum absolute atomic E-state index is 0.0732. The van der Waals surface area contributed by atoms with Crippen molar-refractivity contribution in [3.63, 3.8) is 0 Å². The molecule has 0 amide bonds. The lowest BCUT2D eigenvalue weighted by molar-refractivity contribution is 0.0443. The predicted octanol–water partition coefficient (Wildman–Crippen LogP) is 4.02. The van der Waals surface area contributed by atoms with Gasteiger partial charge in [0.1, 0.15) is 11.4 Å². The molecular weight excluding hydrogens is 482 g/mol. The van der Waals surface area contributed by atoms with Crippen LogP contribution in [0.4, 0.5) is 0 Å². The first kappa shape index (κ1) is 21.6. The van der Waals surface area contributed by atoms with Crippen LogP contribution in [0.1, 0.15) is 32.6 Å². The Morgan fingerprint density at radius 3 is 1.65 bits per heavy atom. The van der Waals surface area contributed by atoms with Crippen LogP contribution in [0.2, 0.25) is 0 Å². The summed E-state index contributed by atoms with van der Waals surface area (Å²) in [6.45, 7) is -0.428. The number of rotatable bonds is 8. The van der Waals surface area contributed by atoms with E-state index in [0.717, 1.165) is 9.75 Å². The van der Waals surface area contributed by atoms with Crippen LogP contribution in [0, 0.1) is 0 Å². The zero-order chi connectivity index (χ0) is 23.3. The molecule has 5 heterocycles. The third-order valence-corrected chi connectivity index (χ3v) is 5.95. The summed E-state index contributed by atoms with van der Waals surface area (Å²) in [5, 5.41) is 11.3. The van der Waals surface area contributed by atoms with Gasteiger partial charge in [0.05, 0.1) is 9.75 Å². The van der Waals surface area contributed by atoms with E-state index < -0.39 is 11.9 Å². The first-order valence-electron chi connectivity index (χ1n) is 9.70. The van der Waals surface area contributed by atoms with E-state index in [-0.39, 0.29) is 36.3 Å². The van der Waals surface area contributed by atoms with Gasteiger partial charge < -0.3 is 18.5 Å². The van der Waals surface area contributed by atoms with Gasteiger partial charge in [0, 0.05) is 0 Å². The van der Waals surface area contributed by atoms with Gasteiger partial charge in [0.2, 0.25) is 11.6 Å². The lowest BCUT2D eigenvalue weighted by Crippen LogP contribution is -2.13. The van der Waals surface area contributed by atoms with E-state index in [0.29, 0.717) is 11.8 Å². The van der Waals surface area contributed by atoms with Crippen LogP contribution in [-0.4, -0.2) is 37.2 Å². The number of thiophene rings is 2. The number of pyridine rings is 1. The molecule has 5 aromatic heterocycles. The number of ether oxygens (including phenoxy) is 2. The molecule has 5 aromatic rings. The summed E-state index contributed by atoms with van der Waals surface area (Å²) in [7, 11) is 0. The highest BCUT2D eigenvalue weighted by Gasteiger charge is 2.18. The van der Waals surface area contributed by atoms with Gasteiger partial charge in [-0.05, 0) is 35.0 Å². The topological polar surface area (TPSA) is 143 Å². The number of aromatic nitrogens is 5. The van der Waals surface area contributed by atoms with Crippen molar-refractivity contribution in [2.75, 3.05) is 0 Å². The molecule has 13 heteroatoms. The minimum Gasteiger partial charge on any atom is -0.453 e. The molecule has 0 radical (unpaired) electrons. The van der Waals surface area contributed by atoms with Crippen molar-refractivity contribution in [3.8, 4) is 21.5 Å². The van der Waals surface area contributed by atoms with Gasteiger partial charge in [-0.3, -0.25) is 0 Å². The SMILES string of the molecule is O=C(OCc1noc(-c2cccs2)n1)c1cccc(C(=O)OCc2noc(-c3cccs3)n2)n1. The number of nitrogens with zero attached hydrogens (tertiary/aromatic N) is 5. The second-order valence-electron chi connectivity index (χ2n) is 6.55. The van der Waals surface area contributed by atoms with Crippen molar-refractivity contribution < 1.29 is 28.1 Å². The highest BCUT2D eigenvalue weighted by molar-refractivity contribution is 7.13. The monoisotopic (exact) mass is 495 g/mol. The van der Waals surface area contributed by atoms with Crippen LogP contribution >= 0.6 is 22.7 Å². The number of esters is 2. The minimum atomic E-state index is -0.754. The standard InChI is InChI=1S/C21H13N5O6S2/c27-20(29-10-16-23-18(31-25-16)14-6-2-8-33-14)12-4-1-5-13(22-12)21(28)30-11-17-24-19(32-26-17)15-7-3-9-34-15/h1-9H,10-11H2. The number of hydrogen-bond acceptors (Lipinski definition) is 13. The Morgan fingerprint density at radius 1 is 0.706 bits per heavy atom. The first-order valence-corrected chi connectivity index (χ1v) is 11.5. The summed E-state index contributed by atoms with van der Waals surface area (Å²) in [5.74, 6) is -0.420. The van der Waals surface area contributed by atoms with Crippen LogP contribution in [0.5, 0.6) is 0 Å². The zero-order valence-corrected chi connectivity index (χ0v) is 18.7. The molecule has 0 atom stereocenters. The first-order chi connectivity index (χ1) is 16.7. The van der Waals surface area contributed by atoms with E-state index in [1.54, 1.807) is 0 Å². The van der Waals surface area contributed by atoms with Crippen molar-refractivity contribution in [3.05, 3.63) is 76.3 Å². The molecule has 0 aliphatic rings. The third-order valence-electron chi connectivity index (χ3n) is 4.23. The van der Waals surface area contributed by atoms with E-state index in [2.05, 4.69) is 25.3 Å². The molecule has 34 heavy (non-hydrogen) atoms. The van der Waals surface area contributed by atoms with Crippen LogP contribution < -0.4 is 0 Å². The van der Waals surface area contributed by atoms with Crippen LogP contribution in [0.15, 0.2) is 62.3 Å². The Morgan fingerprint density at radius 2 is 1.21 bits per heavy atom. The Balaban J connectivity index is 1.16. The normalized spacial score (nSPS) is 10.8. The molecule has 170 valence electrons. The molecule has 0 saturated heterocycles. The molecule has 0 unspecified atom stereocenters. The largest absolute Gasteiger partial charge is 0.453 e. The fourth-order valence-corrected chi connectivity index (χ4v) is 3.99. The average molecular weight is 495 g/mol. The van der Waals surface area contributed by atoms with Gasteiger partial charge >= 0.3 is 11.9 Å². The molecule has 0 aromatic carbocycles. The van der Waals surface area contributed by atoms with E-state index >= 15 is 0 Å². The van der Waals surface area contributed by atoms with E-state index in [4.69, 9.17) is 18.5 Å². The second-order valence-corrected chi connectivity index (χ2v) is 8.44. The quantitative estimate of drug-likeness (QED) is 0.288. The summed E-state index contributed by atoms with van der Waals surface area (Å²) in [5.41, 5.74) is -0.146. The van der Waals surface area contributed by atoms with E-state index in [9.17, 15) is 9.59 Å². The molecule has 0 spiro atoms. The predicted molar refractivity (Wildman–Crippen MR) is 118 cm³/mol. The number of hydrogen-bond donors (Lipinski definition) is 0. The van der Waals surface area contributed by atoms with Crippen molar-refractivity contribution in [2.24, 2.45) is 0 Å². The molecule has 11 nitrogen and oxygen atoms in total. The second kappa shape index (κ2) is 9.72. The molecular formula is C21H13N5O6S2. The Labute approximate surface area is 199 Å². The average Bonchev–Trinajstić information content (AvgIpc) is 3.67. The van der Waals surface area contributed by atoms with Crippen molar-refractivity contribution in [1.82, 2.24) is 25.3 Å². The Hall–Kier alpha value is -4.23. The van der Waals surface area contributed by atoms with Gasteiger partial charge in [0.15, 0.2) is 13.2 Å². The molecule has 0 bridgehead atoms. The maximum absolute atomic E-state index is 12.4. The van der Waals surface area contributed by atoms with Gasteiger partial charge in [0.25, 0.3) is 11.8 Å². The number of carbonyl (C=O) groups excluding carboxylic acids is 2. The van der Waals surface area contributed by atoms with Gasteiger partial charge in [-0.1, -0.05) is 28.5 Å². The molecule has 0 fully saturated rings. The highest BCUT2D eigenvalue weighted by Crippen LogP contribution is 2.23. The van der Waals surface area contributed by atoms with Gasteiger partial charge in [-0.2, -0.15) is 9.97 Å². The van der Waals surface area contributed by atoms with Crippen LogP contribution in [0.3, 0.4) is 0 Å². The smallest absolute Gasteiger partial charge is 0.357 e. The molecule has 5 rings (SSSR count). The van der Waals surface area contributed by atoms with Crippen LogP contribution in [-0.2, 0) is 22.7 Å². The van der Waals surface area contributed by atoms with E-state index in [1.807, 2.05) is 35.0 Å². The fraction of sp³-hybridized carbons (Fsp3) is 0.0952. The summed E-state index contributed by atoms with van der Waals surface area (Å²) >= 11 is 2.89. The maximum Gasteiger partial charge on any atom is 0.357 e. The van der Waals surface area contributed by atoms with E-state index in [1.165, 1.54) is 40.9 Å². The van der Waals surface area contributed by atoms with Crippen molar-refractivity contribution in [1.29, 1.82) is 0 Å². The summed E-state index contributed by atoms with van der Waals surface area (Å²) in [4.78, 5) is 38.7. The van der Waals surface area contributed by atoms with Crippen molar-refractivity contribution >= 4 is 34.6 Å². The summed E-state index contributed by atoms with van der Waals surface area (Å²) in [6.07, 6.45) is 0. The highest BCUT2D eigenvalue weighted by atomic mass is 32.1. The zero-order valence-electron chi connectivity index (χ0n) is 17.1.